The van der Waals surface area contributed by atoms with E-state index in [0.29, 0.717) is 12.0 Å². The van der Waals surface area contributed by atoms with Gasteiger partial charge in [-0.25, -0.2) is 0 Å². The molecule has 3 nitrogen and oxygen atoms in total. The molecule has 0 fully saturated rings. The summed E-state index contributed by atoms with van der Waals surface area (Å²) in [6, 6.07) is 0. The molecule has 0 bridgehead atoms. The Kier molecular flexibility index (Phi) is 26.4. The molecule has 0 rings (SSSR count). The summed E-state index contributed by atoms with van der Waals surface area (Å²) in [6.07, 6.45) is 14.2. The standard InChI is InChI=1S/C18H26O3S.Na/c1-2-3-4-5-6-7-8-9-10-11-12-13-14-15-16-17-18-22-21-20-19;/h19H,2-12H2,1H3;/q;+1/p-1. The molecular weight excluding hydrogens is 319 g/mol. The molecule has 23 heavy (non-hydrogen) atoms. The Morgan fingerprint density at radius 2 is 1.35 bits per heavy atom. The predicted octanol–water partition coefficient (Wildman–Crippen LogP) is 1.14. The van der Waals surface area contributed by atoms with E-state index in [1.54, 1.807) is 0 Å². The second kappa shape index (κ2) is 24.2. The zero-order chi connectivity index (χ0) is 16.1. The third kappa shape index (κ3) is 24.3. The SMILES string of the molecule is CCCCCCCCCCCCC#CC#CC#CSOO[O-].[Na+]. The van der Waals surface area contributed by atoms with Gasteiger partial charge in [0, 0.05) is 17.6 Å². The summed E-state index contributed by atoms with van der Waals surface area (Å²) in [6.45, 7) is 2.25. The molecule has 0 radical (unpaired) electrons. The van der Waals surface area contributed by atoms with Crippen LogP contribution in [0.1, 0.15) is 77.6 Å². The maximum Gasteiger partial charge on any atom is 1.00 e. The topological polar surface area (TPSA) is 41.5 Å². The second-order valence-corrected chi connectivity index (χ2v) is 5.44. The molecule has 0 heterocycles. The van der Waals surface area contributed by atoms with Gasteiger partial charge < -0.3 is 5.26 Å². The van der Waals surface area contributed by atoms with Crippen molar-refractivity contribution in [3.05, 3.63) is 0 Å². The Bertz CT molecular complexity index is 421. The molecule has 0 aliphatic carbocycles. The van der Waals surface area contributed by atoms with E-state index in [1.807, 2.05) is 0 Å². The molecule has 122 valence electrons. The first-order valence-electron chi connectivity index (χ1n) is 8.01. The van der Waals surface area contributed by atoms with Crippen LogP contribution in [-0.2, 0) is 9.37 Å². The van der Waals surface area contributed by atoms with Gasteiger partial charge in [0.2, 0.25) is 0 Å². The zero-order valence-electron chi connectivity index (χ0n) is 14.4. The van der Waals surface area contributed by atoms with Gasteiger partial charge in [0.15, 0.2) is 0 Å². The van der Waals surface area contributed by atoms with Crippen molar-refractivity contribution in [2.75, 3.05) is 0 Å². The Hall–Kier alpha value is -0.0900. The fourth-order valence-corrected chi connectivity index (χ4v) is 2.10. The van der Waals surface area contributed by atoms with Gasteiger partial charge in [-0.3, -0.25) is 5.04 Å². The van der Waals surface area contributed by atoms with Gasteiger partial charge in [-0.15, -0.1) is 0 Å². The number of hydrogen-bond acceptors (Lipinski definition) is 4. The van der Waals surface area contributed by atoms with E-state index in [9.17, 15) is 5.26 Å². The van der Waals surface area contributed by atoms with Crippen LogP contribution in [0.3, 0.4) is 0 Å². The summed E-state index contributed by atoms with van der Waals surface area (Å²) >= 11 is 0.593. The minimum Gasteiger partial charge on any atom is -0.691 e. The summed E-state index contributed by atoms with van der Waals surface area (Å²) in [4.78, 5) is 0. The summed E-state index contributed by atoms with van der Waals surface area (Å²) in [5, 5.41) is 14.9. The Balaban J connectivity index is 0. The van der Waals surface area contributed by atoms with E-state index in [2.05, 4.69) is 51.2 Å². The van der Waals surface area contributed by atoms with Gasteiger partial charge in [-0.2, -0.15) is 4.33 Å². The van der Waals surface area contributed by atoms with Crippen molar-refractivity contribution >= 4 is 12.0 Å². The molecule has 0 aliphatic rings. The maximum absolute atomic E-state index is 9.43. The van der Waals surface area contributed by atoms with Crippen molar-refractivity contribution in [1.82, 2.24) is 0 Å². The summed E-state index contributed by atoms with van der Waals surface area (Å²) in [7, 11) is 0. The van der Waals surface area contributed by atoms with Crippen LogP contribution in [0.25, 0.3) is 0 Å². The molecule has 0 atom stereocenters. The normalized spacial score (nSPS) is 8.61. The molecule has 5 heteroatoms. The van der Waals surface area contributed by atoms with Gasteiger partial charge in [0.25, 0.3) is 0 Å². The van der Waals surface area contributed by atoms with Crippen LogP contribution in [0.15, 0.2) is 0 Å². The largest absolute Gasteiger partial charge is 1.00 e. The molecule has 0 aromatic heterocycles. The van der Waals surface area contributed by atoms with Gasteiger partial charge in [-0.1, -0.05) is 70.6 Å². The van der Waals surface area contributed by atoms with Crippen molar-refractivity contribution in [3.8, 4) is 34.9 Å². The third-order valence-electron chi connectivity index (χ3n) is 3.09. The quantitative estimate of drug-likeness (QED) is 0.133. The molecule has 0 saturated carbocycles. The molecule has 0 N–H and O–H groups in total. The molecule has 0 amide bonds. The average molecular weight is 344 g/mol. The fraction of sp³-hybridized carbons (Fsp3) is 0.667. The third-order valence-corrected chi connectivity index (χ3v) is 3.39. The van der Waals surface area contributed by atoms with Gasteiger partial charge in [0.05, 0.1) is 0 Å². The molecule has 0 aromatic rings. The van der Waals surface area contributed by atoms with Crippen molar-refractivity contribution in [2.24, 2.45) is 0 Å². The second-order valence-electron chi connectivity index (χ2n) is 4.93. The smallest absolute Gasteiger partial charge is 0.691 e. The van der Waals surface area contributed by atoms with E-state index in [0.717, 1.165) is 12.8 Å². The summed E-state index contributed by atoms with van der Waals surface area (Å²) in [5.74, 6) is 13.4. The molecule has 0 spiro atoms. The first-order valence-corrected chi connectivity index (χ1v) is 8.76. The van der Waals surface area contributed by atoms with Gasteiger partial charge in [-0.05, 0) is 24.2 Å². The Labute approximate surface area is 168 Å². The van der Waals surface area contributed by atoms with E-state index in [1.165, 1.54) is 57.8 Å². The molecular formula is C18H25NaO3S. The predicted molar refractivity (Wildman–Crippen MR) is 89.6 cm³/mol. The van der Waals surface area contributed by atoms with E-state index in [4.69, 9.17) is 0 Å². The van der Waals surface area contributed by atoms with Crippen LogP contribution >= 0.6 is 12.0 Å². The molecule has 0 aliphatic heterocycles. The van der Waals surface area contributed by atoms with Gasteiger partial charge >= 0.3 is 29.6 Å². The summed E-state index contributed by atoms with van der Waals surface area (Å²) < 4.78 is 3.94. The van der Waals surface area contributed by atoms with Crippen molar-refractivity contribution in [3.63, 3.8) is 0 Å². The number of hydrogen-bond donors (Lipinski definition) is 0. The number of rotatable bonds is 12. The molecule has 0 saturated heterocycles. The van der Waals surface area contributed by atoms with Gasteiger partial charge in [0.1, 0.15) is 12.0 Å². The van der Waals surface area contributed by atoms with E-state index >= 15 is 0 Å². The zero-order valence-corrected chi connectivity index (χ0v) is 17.2. The first kappa shape index (κ1) is 25.2. The maximum atomic E-state index is 9.43. The number of unbranched alkanes of at least 4 members (excludes halogenated alkanes) is 10. The van der Waals surface area contributed by atoms with Crippen LogP contribution in [0.2, 0.25) is 0 Å². The van der Waals surface area contributed by atoms with E-state index in [-0.39, 0.29) is 29.6 Å². The van der Waals surface area contributed by atoms with Crippen LogP contribution in [-0.4, -0.2) is 0 Å². The Morgan fingerprint density at radius 3 is 1.96 bits per heavy atom. The minimum absolute atomic E-state index is 0. The van der Waals surface area contributed by atoms with Crippen molar-refractivity contribution in [1.29, 1.82) is 0 Å². The van der Waals surface area contributed by atoms with Crippen molar-refractivity contribution < 1.29 is 44.2 Å². The molecule has 0 unspecified atom stereocenters. The monoisotopic (exact) mass is 344 g/mol. The fourth-order valence-electron chi connectivity index (χ4n) is 1.95. The summed E-state index contributed by atoms with van der Waals surface area (Å²) in [5.41, 5.74) is 0. The van der Waals surface area contributed by atoms with Crippen LogP contribution in [0.4, 0.5) is 0 Å². The van der Waals surface area contributed by atoms with E-state index < -0.39 is 0 Å². The van der Waals surface area contributed by atoms with Crippen LogP contribution in [0, 0.1) is 34.9 Å². The van der Waals surface area contributed by atoms with Crippen molar-refractivity contribution in [2.45, 2.75) is 77.6 Å². The average Bonchev–Trinajstić information content (AvgIpc) is 2.54. The minimum atomic E-state index is 0. The Morgan fingerprint density at radius 1 is 0.783 bits per heavy atom. The van der Waals surface area contributed by atoms with Crippen LogP contribution < -0.4 is 34.8 Å². The van der Waals surface area contributed by atoms with Crippen LogP contribution in [0.5, 0.6) is 0 Å². The molecule has 0 aromatic carbocycles. The first-order chi connectivity index (χ1) is 10.9.